The Kier molecular flexibility index (Phi) is 8.91. The van der Waals surface area contributed by atoms with E-state index in [2.05, 4.69) is 12.2 Å². The minimum absolute atomic E-state index is 0.0127. The molecule has 0 bridgehead atoms. The van der Waals surface area contributed by atoms with Crippen LogP contribution >= 0.6 is 11.3 Å². The third-order valence-electron chi connectivity index (χ3n) is 8.70. The highest BCUT2D eigenvalue weighted by atomic mass is 32.1. The standard InChI is InChI=1S/C31H37F3N4O3S/c1-20(21-9-4-3-5-10-21)35-28(39)26-22-11-6-7-12-24(22)36-27(25-13-8-18-42-25)23(26)19-37-14-16-38(17-15-37)29(40)30(2,41)31(32,33)34/h6-8,11-13,18,20-21,41H,3-5,9-10,14-17,19H2,1-2H3,(H,35,39). The van der Waals surface area contributed by atoms with E-state index in [0.29, 0.717) is 36.2 Å². The van der Waals surface area contributed by atoms with E-state index >= 15 is 0 Å². The summed E-state index contributed by atoms with van der Waals surface area (Å²) in [7, 11) is 0. The number of pyridine rings is 1. The third-order valence-corrected chi connectivity index (χ3v) is 9.58. The molecule has 2 aromatic heterocycles. The van der Waals surface area contributed by atoms with Crippen molar-refractivity contribution in [3.05, 3.63) is 52.9 Å². The van der Waals surface area contributed by atoms with Gasteiger partial charge in [0, 0.05) is 49.7 Å². The Morgan fingerprint density at radius 2 is 1.76 bits per heavy atom. The van der Waals surface area contributed by atoms with E-state index in [4.69, 9.17) is 4.98 Å². The largest absolute Gasteiger partial charge is 0.426 e. The second-order valence-corrected chi connectivity index (χ2v) is 12.6. The van der Waals surface area contributed by atoms with Crippen molar-refractivity contribution in [1.29, 1.82) is 0 Å². The number of carbonyl (C=O) groups is 2. The maximum absolute atomic E-state index is 14.1. The Hall–Kier alpha value is -3.02. The minimum atomic E-state index is -5.06. The smallest absolute Gasteiger partial charge is 0.373 e. The fraction of sp³-hybridized carbons (Fsp3) is 0.516. The van der Waals surface area contributed by atoms with E-state index in [0.717, 1.165) is 33.6 Å². The van der Waals surface area contributed by atoms with Crippen LogP contribution in [-0.4, -0.2) is 75.7 Å². The lowest BCUT2D eigenvalue weighted by Gasteiger charge is -2.38. The molecule has 1 aliphatic carbocycles. The van der Waals surface area contributed by atoms with E-state index < -0.39 is 17.7 Å². The molecule has 1 aromatic carbocycles. The molecule has 42 heavy (non-hydrogen) atoms. The summed E-state index contributed by atoms with van der Waals surface area (Å²) >= 11 is 1.53. The molecule has 1 aliphatic heterocycles. The predicted octanol–water partition coefficient (Wildman–Crippen LogP) is 5.62. The summed E-state index contributed by atoms with van der Waals surface area (Å²) < 4.78 is 39.9. The van der Waals surface area contributed by atoms with Gasteiger partial charge in [0.15, 0.2) is 0 Å². The minimum Gasteiger partial charge on any atom is -0.373 e. The fourth-order valence-electron chi connectivity index (χ4n) is 6.07. The van der Waals surface area contributed by atoms with Gasteiger partial charge in [-0.15, -0.1) is 11.3 Å². The van der Waals surface area contributed by atoms with Gasteiger partial charge in [-0.25, -0.2) is 4.98 Å². The number of carbonyl (C=O) groups excluding carboxylic acids is 2. The highest BCUT2D eigenvalue weighted by molar-refractivity contribution is 7.13. The van der Waals surface area contributed by atoms with Crippen molar-refractivity contribution in [3.63, 3.8) is 0 Å². The Morgan fingerprint density at radius 3 is 2.40 bits per heavy atom. The van der Waals surface area contributed by atoms with Crippen LogP contribution in [0.15, 0.2) is 41.8 Å². The summed E-state index contributed by atoms with van der Waals surface area (Å²) in [5.74, 6) is -1.08. The summed E-state index contributed by atoms with van der Waals surface area (Å²) in [6.45, 7) is 3.54. The number of piperazine rings is 1. The van der Waals surface area contributed by atoms with Gasteiger partial charge in [-0.1, -0.05) is 43.5 Å². The topological polar surface area (TPSA) is 85.8 Å². The van der Waals surface area contributed by atoms with Crippen molar-refractivity contribution in [2.45, 2.75) is 70.3 Å². The lowest BCUT2D eigenvalue weighted by molar-refractivity contribution is -0.250. The lowest BCUT2D eigenvalue weighted by Crippen LogP contribution is -2.59. The highest BCUT2D eigenvalue weighted by Crippen LogP contribution is 2.35. The summed E-state index contributed by atoms with van der Waals surface area (Å²) in [6.07, 6.45) is 0.692. The van der Waals surface area contributed by atoms with Crippen LogP contribution in [0.3, 0.4) is 0 Å². The molecule has 2 fully saturated rings. The molecule has 226 valence electrons. The van der Waals surface area contributed by atoms with E-state index in [-0.39, 0.29) is 38.1 Å². The van der Waals surface area contributed by atoms with E-state index in [1.54, 1.807) is 0 Å². The average molecular weight is 603 g/mol. The molecule has 3 heterocycles. The molecule has 7 nitrogen and oxygen atoms in total. The number of nitrogens with one attached hydrogen (secondary N) is 1. The lowest BCUT2D eigenvalue weighted by atomic mass is 9.84. The van der Waals surface area contributed by atoms with Gasteiger partial charge in [0.25, 0.3) is 11.8 Å². The number of hydrogen-bond acceptors (Lipinski definition) is 6. The van der Waals surface area contributed by atoms with Crippen molar-refractivity contribution < 1.29 is 27.9 Å². The number of halogens is 3. The number of alkyl halides is 3. The predicted molar refractivity (Wildman–Crippen MR) is 157 cm³/mol. The molecule has 11 heteroatoms. The van der Waals surface area contributed by atoms with Crippen LogP contribution in [0.5, 0.6) is 0 Å². The molecule has 1 saturated heterocycles. The van der Waals surface area contributed by atoms with Crippen molar-refractivity contribution in [1.82, 2.24) is 20.1 Å². The number of amides is 2. The molecular formula is C31H37F3N4O3S. The molecule has 2 atom stereocenters. The number of hydrogen-bond donors (Lipinski definition) is 2. The summed E-state index contributed by atoms with van der Waals surface area (Å²) in [4.78, 5) is 35.6. The number of thiophene rings is 1. The Morgan fingerprint density at radius 1 is 1.07 bits per heavy atom. The Labute approximate surface area is 247 Å². The second-order valence-electron chi connectivity index (χ2n) is 11.6. The summed E-state index contributed by atoms with van der Waals surface area (Å²) in [5, 5.41) is 15.9. The number of rotatable bonds is 7. The van der Waals surface area contributed by atoms with Crippen LogP contribution in [0.2, 0.25) is 0 Å². The third kappa shape index (κ3) is 6.18. The van der Waals surface area contributed by atoms with E-state index in [1.807, 2.05) is 46.7 Å². The first-order valence-corrected chi connectivity index (χ1v) is 15.4. The maximum atomic E-state index is 14.1. The molecule has 2 aliphatic rings. The normalized spacial score (nSPS) is 19.4. The van der Waals surface area contributed by atoms with Crippen LogP contribution in [0.4, 0.5) is 13.2 Å². The van der Waals surface area contributed by atoms with Crippen molar-refractivity contribution >= 4 is 34.1 Å². The van der Waals surface area contributed by atoms with Crippen molar-refractivity contribution in [3.8, 4) is 10.6 Å². The van der Waals surface area contributed by atoms with Crippen LogP contribution in [0.1, 0.15) is 61.9 Å². The molecule has 1 saturated carbocycles. The average Bonchev–Trinajstić information content (AvgIpc) is 3.51. The molecule has 2 amide bonds. The molecule has 5 rings (SSSR count). The van der Waals surface area contributed by atoms with E-state index in [9.17, 15) is 27.9 Å². The van der Waals surface area contributed by atoms with Gasteiger partial charge in [-0.3, -0.25) is 14.5 Å². The van der Waals surface area contributed by atoms with Crippen LogP contribution in [0, 0.1) is 5.92 Å². The second kappa shape index (κ2) is 12.3. The van der Waals surface area contributed by atoms with Gasteiger partial charge in [-0.05, 0) is 50.1 Å². The van der Waals surface area contributed by atoms with Crippen molar-refractivity contribution in [2.24, 2.45) is 5.92 Å². The SMILES string of the molecule is CC(NC(=O)c1c(CN2CCN(C(=O)C(C)(O)C(F)(F)F)CC2)c(-c2cccs2)nc2ccccc12)C1CCCCC1. The zero-order valence-corrected chi connectivity index (χ0v) is 24.7. The zero-order chi connectivity index (χ0) is 30.1. The van der Waals surface area contributed by atoms with Gasteiger partial charge in [0.2, 0.25) is 5.60 Å². The molecule has 0 radical (unpaired) electrons. The number of benzene rings is 1. The Bertz CT molecular complexity index is 1410. The zero-order valence-electron chi connectivity index (χ0n) is 23.9. The van der Waals surface area contributed by atoms with Gasteiger partial charge < -0.3 is 15.3 Å². The number of aromatic nitrogens is 1. The number of fused-ring (bicyclic) bond motifs is 1. The first-order valence-electron chi connectivity index (χ1n) is 14.5. The van der Waals surface area contributed by atoms with E-state index in [1.165, 1.54) is 30.6 Å². The Balaban J connectivity index is 1.46. The molecule has 2 unspecified atom stereocenters. The molecule has 2 N–H and O–H groups in total. The molecular weight excluding hydrogens is 565 g/mol. The van der Waals surface area contributed by atoms with Gasteiger partial charge in [-0.2, -0.15) is 13.2 Å². The highest BCUT2D eigenvalue weighted by Gasteiger charge is 2.57. The fourth-order valence-corrected chi connectivity index (χ4v) is 6.82. The van der Waals surface area contributed by atoms with Crippen LogP contribution in [0.25, 0.3) is 21.5 Å². The number of nitrogens with zero attached hydrogens (tertiary/aromatic N) is 3. The first-order chi connectivity index (χ1) is 20.0. The number of aliphatic hydroxyl groups is 1. The van der Waals surface area contributed by atoms with Gasteiger partial charge in [0.1, 0.15) is 0 Å². The number of para-hydroxylation sites is 1. The van der Waals surface area contributed by atoms with Crippen molar-refractivity contribution in [2.75, 3.05) is 26.2 Å². The monoisotopic (exact) mass is 602 g/mol. The first kappa shape index (κ1) is 30.4. The quantitative estimate of drug-likeness (QED) is 0.367. The molecule has 0 spiro atoms. The van der Waals surface area contributed by atoms with Crippen LogP contribution in [-0.2, 0) is 11.3 Å². The van der Waals surface area contributed by atoms with Gasteiger partial charge >= 0.3 is 6.18 Å². The van der Waals surface area contributed by atoms with Gasteiger partial charge in [0.05, 0.1) is 21.7 Å². The summed E-state index contributed by atoms with van der Waals surface area (Å²) in [5.41, 5.74) is -0.705. The summed E-state index contributed by atoms with van der Waals surface area (Å²) in [6, 6.07) is 11.5. The maximum Gasteiger partial charge on any atom is 0.426 e. The van der Waals surface area contributed by atoms with Crippen LogP contribution < -0.4 is 5.32 Å². The molecule has 3 aromatic rings.